The van der Waals surface area contributed by atoms with Gasteiger partial charge < -0.3 is 19.8 Å². The minimum absolute atomic E-state index is 0.240. The van der Waals surface area contributed by atoms with Gasteiger partial charge in [-0.05, 0) is 36.2 Å². The van der Waals surface area contributed by atoms with E-state index >= 15 is 0 Å². The lowest BCUT2D eigenvalue weighted by molar-refractivity contribution is 0.0931. The van der Waals surface area contributed by atoms with Crippen molar-refractivity contribution in [1.82, 2.24) is 15.3 Å². The van der Waals surface area contributed by atoms with Gasteiger partial charge in [-0.15, -0.1) is 0 Å². The second-order valence-electron chi connectivity index (χ2n) is 6.92. The van der Waals surface area contributed by atoms with Crippen LogP contribution in [-0.4, -0.2) is 30.1 Å². The van der Waals surface area contributed by atoms with Gasteiger partial charge in [0.2, 0.25) is 0 Å². The van der Waals surface area contributed by atoms with Crippen molar-refractivity contribution < 1.29 is 14.3 Å². The molecule has 6 heteroatoms. The van der Waals surface area contributed by atoms with Gasteiger partial charge in [0, 0.05) is 6.07 Å². The standard InChI is InChI=1S/C24H23N3O3/c1-29-17-12-13-18(22(15-17)30-2)24(28)27-21(14-16-8-4-3-5-9-16)23-25-19-10-6-7-11-20(19)26-23/h3-13,15,21H,14H2,1-2H3,(H,25,26)(H,27,28). The Bertz CT molecular complexity index is 1120. The Morgan fingerprint density at radius 3 is 2.50 bits per heavy atom. The zero-order chi connectivity index (χ0) is 20.9. The van der Waals surface area contributed by atoms with Gasteiger partial charge in [-0.1, -0.05) is 42.5 Å². The Labute approximate surface area is 174 Å². The number of aromatic amines is 1. The molecule has 30 heavy (non-hydrogen) atoms. The molecule has 1 heterocycles. The summed E-state index contributed by atoms with van der Waals surface area (Å²) in [6.45, 7) is 0. The third-order valence-electron chi connectivity index (χ3n) is 4.98. The van der Waals surface area contributed by atoms with E-state index in [9.17, 15) is 4.79 Å². The molecule has 0 aliphatic rings. The topological polar surface area (TPSA) is 76.2 Å². The van der Waals surface area contributed by atoms with Crippen LogP contribution in [0.5, 0.6) is 11.5 Å². The molecule has 0 radical (unpaired) electrons. The minimum Gasteiger partial charge on any atom is -0.497 e. The van der Waals surface area contributed by atoms with E-state index in [2.05, 4.69) is 10.3 Å². The van der Waals surface area contributed by atoms with E-state index in [-0.39, 0.29) is 11.9 Å². The van der Waals surface area contributed by atoms with Crippen molar-refractivity contribution in [3.05, 3.63) is 89.7 Å². The molecule has 1 atom stereocenters. The molecule has 0 aliphatic heterocycles. The summed E-state index contributed by atoms with van der Waals surface area (Å²) < 4.78 is 10.6. The zero-order valence-corrected chi connectivity index (χ0v) is 16.9. The second kappa shape index (κ2) is 8.69. The first-order valence-corrected chi connectivity index (χ1v) is 9.69. The molecule has 1 amide bonds. The number of nitrogens with zero attached hydrogens (tertiary/aromatic N) is 1. The number of H-pyrrole nitrogens is 1. The molecule has 152 valence electrons. The van der Waals surface area contributed by atoms with Gasteiger partial charge in [0.15, 0.2) is 0 Å². The normalized spacial score (nSPS) is 11.8. The fourth-order valence-corrected chi connectivity index (χ4v) is 3.43. The maximum Gasteiger partial charge on any atom is 0.255 e. The maximum absolute atomic E-state index is 13.1. The lowest BCUT2D eigenvalue weighted by atomic mass is 10.0. The fourth-order valence-electron chi connectivity index (χ4n) is 3.43. The van der Waals surface area contributed by atoms with E-state index in [1.54, 1.807) is 25.3 Å². The summed E-state index contributed by atoms with van der Waals surface area (Å²) in [5.74, 6) is 1.55. The van der Waals surface area contributed by atoms with Crippen LogP contribution < -0.4 is 14.8 Å². The van der Waals surface area contributed by atoms with E-state index in [4.69, 9.17) is 14.5 Å². The largest absolute Gasteiger partial charge is 0.497 e. The van der Waals surface area contributed by atoms with Crippen LogP contribution >= 0.6 is 0 Å². The van der Waals surface area contributed by atoms with Crippen LogP contribution in [0.1, 0.15) is 27.8 Å². The van der Waals surface area contributed by atoms with Crippen LogP contribution in [0.2, 0.25) is 0 Å². The molecule has 0 saturated carbocycles. The Balaban J connectivity index is 1.66. The quantitative estimate of drug-likeness (QED) is 0.484. The van der Waals surface area contributed by atoms with Crippen LogP contribution in [0.15, 0.2) is 72.8 Å². The molecule has 0 saturated heterocycles. The summed E-state index contributed by atoms with van der Waals surface area (Å²) in [4.78, 5) is 21.2. The van der Waals surface area contributed by atoms with Crippen molar-refractivity contribution in [2.45, 2.75) is 12.5 Å². The summed E-state index contributed by atoms with van der Waals surface area (Å²) in [6, 6.07) is 22.6. The summed E-state index contributed by atoms with van der Waals surface area (Å²) in [5, 5.41) is 3.12. The molecule has 6 nitrogen and oxygen atoms in total. The molecule has 0 aliphatic carbocycles. The number of carbonyl (C=O) groups excluding carboxylic acids is 1. The first-order valence-electron chi connectivity index (χ1n) is 9.69. The summed E-state index contributed by atoms with van der Waals surface area (Å²) in [5.41, 5.74) is 3.33. The van der Waals surface area contributed by atoms with Gasteiger partial charge in [-0.2, -0.15) is 0 Å². The highest BCUT2D eigenvalue weighted by Crippen LogP contribution is 2.26. The molecule has 0 bridgehead atoms. The first kappa shape index (κ1) is 19.5. The van der Waals surface area contributed by atoms with Gasteiger partial charge in [-0.25, -0.2) is 4.98 Å². The Morgan fingerprint density at radius 2 is 1.77 bits per heavy atom. The van der Waals surface area contributed by atoms with Crippen LogP contribution in [0, 0.1) is 0 Å². The molecular weight excluding hydrogens is 378 g/mol. The summed E-state index contributed by atoms with van der Waals surface area (Å²) in [6.07, 6.45) is 0.602. The predicted molar refractivity (Wildman–Crippen MR) is 116 cm³/mol. The zero-order valence-electron chi connectivity index (χ0n) is 16.9. The third-order valence-corrected chi connectivity index (χ3v) is 4.98. The molecule has 2 N–H and O–H groups in total. The highest BCUT2D eigenvalue weighted by atomic mass is 16.5. The van der Waals surface area contributed by atoms with Crippen LogP contribution in [0.4, 0.5) is 0 Å². The van der Waals surface area contributed by atoms with Crippen molar-refractivity contribution >= 4 is 16.9 Å². The van der Waals surface area contributed by atoms with E-state index in [0.29, 0.717) is 29.3 Å². The molecule has 3 aromatic carbocycles. The lowest BCUT2D eigenvalue weighted by Crippen LogP contribution is -2.31. The summed E-state index contributed by atoms with van der Waals surface area (Å²) in [7, 11) is 3.11. The van der Waals surface area contributed by atoms with Gasteiger partial charge in [-0.3, -0.25) is 4.79 Å². The first-order chi connectivity index (χ1) is 14.7. The highest BCUT2D eigenvalue weighted by molar-refractivity contribution is 5.97. The number of ether oxygens (including phenoxy) is 2. The number of benzene rings is 3. The van der Waals surface area contributed by atoms with Gasteiger partial charge in [0.25, 0.3) is 5.91 Å². The number of fused-ring (bicyclic) bond motifs is 1. The van der Waals surface area contributed by atoms with Crippen molar-refractivity contribution in [3.8, 4) is 11.5 Å². The number of hydrogen-bond acceptors (Lipinski definition) is 4. The Hall–Kier alpha value is -3.80. The SMILES string of the molecule is COc1ccc(C(=O)NC(Cc2ccccc2)c2nc3ccccc3[nH]2)c(OC)c1. The Kier molecular flexibility index (Phi) is 5.66. The highest BCUT2D eigenvalue weighted by Gasteiger charge is 2.22. The average molecular weight is 401 g/mol. The van der Waals surface area contributed by atoms with E-state index < -0.39 is 0 Å². The van der Waals surface area contributed by atoms with Gasteiger partial charge in [0.1, 0.15) is 17.3 Å². The minimum atomic E-state index is -0.334. The number of rotatable bonds is 7. The number of para-hydroxylation sites is 2. The van der Waals surface area contributed by atoms with E-state index in [0.717, 1.165) is 16.6 Å². The lowest BCUT2D eigenvalue weighted by Gasteiger charge is -2.18. The summed E-state index contributed by atoms with van der Waals surface area (Å²) >= 11 is 0. The maximum atomic E-state index is 13.1. The molecule has 1 unspecified atom stereocenters. The number of nitrogens with one attached hydrogen (secondary N) is 2. The molecule has 0 fully saturated rings. The molecule has 1 aromatic heterocycles. The van der Waals surface area contributed by atoms with E-state index in [1.807, 2.05) is 54.6 Å². The number of carbonyl (C=O) groups is 1. The van der Waals surface area contributed by atoms with Crippen molar-refractivity contribution in [2.75, 3.05) is 14.2 Å². The number of aromatic nitrogens is 2. The van der Waals surface area contributed by atoms with Crippen LogP contribution in [0.3, 0.4) is 0 Å². The molecule has 4 aromatic rings. The van der Waals surface area contributed by atoms with Crippen molar-refractivity contribution in [1.29, 1.82) is 0 Å². The molecular formula is C24H23N3O3. The van der Waals surface area contributed by atoms with Crippen molar-refractivity contribution in [2.24, 2.45) is 0 Å². The van der Waals surface area contributed by atoms with Gasteiger partial charge in [0.05, 0.1) is 36.9 Å². The van der Waals surface area contributed by atoms with Crippen molar-refractivity contribution in [3.63, 3.8) is 0 Å². The smallest absolute Gasteiger partial charge is 0.255 e. The van der Waals surface area contributed by atoms with Crippen LogP contribution in [-0.2, 0) is 6.42 Å². The third kappa shape index (κ3) is 4.12. The van der Waals surface area contributed by atoms with Crippen LogP contribution in [0.25, 0.3) is 11.0 Å². The number of imidazole rings is 1. The molecule has 4 rings (SSSR count). The second-order valence-corrected chi connectivity index (χ2v) is 6.92. The fraction of sp³-hybridized carbons (Fsp3) is 0.167. The predicted octanol–water partition coefficient (Wildman–Crippen LogP) is 4.29. The number of hydrogen-bond donors (Lipinski definition) is 2. The van der Waals surface area contributed by atoms with E-state index in [1.165, 1.54) is 7.11 Å². The average Bonchev–Trinajstić information content (AvgIpc) is 3.23. The number of amides is 1. The molecule has 0 spiro atoms. The monoisotopic (exact) mass is 401 g/mol. The van der Waals surface area contributed by atoms with Gasteiger partial charge >= 0.3 is 0 Å². The Morgan fingerprint density at radius 1 is 1.00 bits per heavy atom. The number of methoxy groups -OCH3 is 2.